The molecule has 3 amide bonds. The summed E-state index contributed by atoms with van der Waals surface area (Å²) in [6.07, 6.45) is 6.27. The van der Waals surface area contributed by atoms with Crippen LogP contribution < -0.4 is 10.6 Å². The van der Waals surface area contributed by atoms with Crippen molar-refractivity contribution in [3.8, 4) is 0 Å². The number of carbonyl (C=O) groups is 2. The molecule has 36 heavy (non-hydrogen) atoms. The topological polar surface area (TPSA) is 90.1 Å². The minimum Gasteiger partial charge on any atom is -0.328 e. The normalized spacial score (nSPS) is 11.2. The molecule has 2 aromatic carbocycles. The third-order valence-corrected chi connectivity index (χ3v) is 6.77. The van der Waals surface area contributed by atoms with E-state index in [4.69, 9.17) is 0 Å². The van der Waals surface area contributed by atoms with Gasteiger partial charge in [-0.05, 0) is 66.3 Å². The number of nitrogens with one attached hydrogen (secondary N) is 3. The zero-order chi connectivity index (χ0) is 25.5. The molecule has 0 fully saturated rings. The highest BCUT2D eigenvalue weighted by Gasteiger charge is 2.11. The van der Waals surface area contributed by atoms with Crippen molar-refractivity contribution in [2.75, 3.05) is 24.2 Å². The van der Waals surface area contributed by atoms with E-state index in [-0.39, 0.29) is 11.9 Å². The quantitative estimate of drug-likeness (QED) is 0.243. The lowest BCUT2D eigenvalue weighted by atomic mass is 10.1. The van der Waals surface area contributed by atoms with Gasteiger partial charge in [-0.15, -0.1) is 11.3 Å². The molecule has 186 valence electrons. The molecule has 3 N–H and O–H groups in total. The summed E-state index contributed by atoms with van der Waals surface area (Å²) in [5, 5.41) is 16.4. The van der Waals surface area contributed by atoms with Crippen molar-refractivity contribution in [2.24, 2.45) is 0 Å². The van der Waals surface area contributed by atoms with Crippen LogP contribution >= 0.6 is 11.3 Å². The van der Waals surface area contributed by atoms with Gasteiger partial charge in [-0.3, -0.25) is 9.89 Å². The summed E-state index contributed by atoms with van der Waals surface area (Å²) in [4.78, 5) is 27.7. The van der Waals surface area contributed by atoms with E-state index in [0.717, 1.165) is 63.4 Å². The highest BCUT2D eigenvalue weighted by molar-refractivity contribution is 7.10. The van der Waals surface area contributed by atoms with E-state index < -0.39 is 0 Å². The molecule has 0 unspecified atom stereocenters. The average molecular weight is 502 g/mol. The van der Waals surface area contributed by atoms with E-state index in [1.807, 2.05) is 73.0 Å². The molecule has 0 aliphatic heterocycles. The fourth-order valence-electron chi connectivity index (χ4n) is 3.83. The molecule has 0 spiro atoms. The van der Waals surface area contributed by atoms with Crippen LogP contribution in [-0.2, 0) is 11.2 Å². The summed E-state index contributed by atoms with van der Waals surface area (Å²) >= 11 is 1.57. The van der Waals surface area contributed by atoms with Gasteiger partial charge in [-0.2, -0.15) is 5.10 Å². The van der Waals surface area contributed by atoms with Gasteiger partial charge in [0.15, 0.2) is 0 Å². The van der Waals surface area contributed by atoms with Gasteiger partial charge in [0, 0.05) is 35.2 Å². The lowest BCUT2D eigenvalue weighted by Crippen LogP contribution is -2.32. The fourth-order valence-corrected chi connectivity index (χ4v) is 4.54. The van der Waals surface area contributed by atoms with Crippen LogP contribution in [0.5, 0.6) is 0 Å². The number of rotatable bonds is 9. The Balaban J connectivity index is 1.48. The number of aromatic amines is 1. The zero-order valence-corrected chi connectivity index (χ0v) is 21.6. The first kappa shape index (κ1) is 25.2. The summed E-state index contributed by atoms with van der Waals surface area (Å²) in [5.41, 5.74) is 5.10. The maximum absolute atomic E-state index is 12.5. The third kappa shape index (κ3) is 6.40. The van der Waals surface area contributed by atoms with Gasteiger partial charge in [-0.1, -0.05) is 37.6 Å². The molecule has 8 heteroatoms. The standard InChI is InChI=1S/C28H31N5O2S/c1-4-5-13-33(3)28(35)29-21-9-6-8-20(16-21)11-12-24-23-18-25(19(2)15-26(23)32-31-24)30-27(34)17-22-10-7-14-36-22/h6-12,14-16,18H,4-5,13,17H2,1-3H3,(H,29,35)(H,30,34)(H,31,32). The van der Waals surface area contributed by atoms with Crippen molar-refractivity contribution < 1.29 is 9.59 Å². The van der Waals surface area contributed by atoms with E-state index in [1.54, 1.807) is 23.3 Å². The molecule has 0 atom stereocenters. The van der Waals surface area contributed by atoms with Crippen LogP contribution in [-0.4, -0.2) is 40.6 Å². The van der Waals surface area contributed by atoms with Crippen LogP contribution in [0.3, 0.4) is 0 Å². The number of thiophene rings is 1. The number of amides is 3. The van der Waals surface area contributed by atoms with Crippen molar-refractivity contribution in [1.29, 1.82) is 0 Å². The van der Waals surface area contributed by atoms with E-state index in [9.17, 15) is 9.59 Å². The van der Waals surface area contributed by atoms with Gasteiger partial charge in [-0.25, -0.2) is 4.79 Å². The van der Waals surface area contributed by atoms with E-state index >= 15 is 0 Å². The van der Waals surface area contributed by atoms with E-state index in [0.29, 0.717) is 6.42 Å². The molecule has 4 aromatic rings. The second-order valence-electron chi connectivity index (χ2n) is 8.79. The number of hydrogen-bond acceptors (Lipinski definition) is 4. The summed E-state index contributed by atoms with van der Waals surface area (Å²) < 4.78 is 0. The lowest BCUT2D eigenvalue weighted by Gasteiger charge is -2.17. The highest BCUT2D eigenvalue weighted by atomic mass is 32.1. The van der Waals surface area contributed by atoms with Gasteiger partial charge in [0.1, 0.15) is 0 Å². The van der Waals surface area contributed by atoms with Crippen molar-refractivity contribution in [2.45, 2.75) is 33.1 Å². The van der Waals surface area contributed by atoms with Crippen molar-refractivity contribution in [1.82, 2.24) is 15.1 Å². The first-order valence-corrected chi connectivity index (χ1v) is 12.9. The molecule has 0 aliphatic carbocycles. The minimum atomic E-state index is -0.119. The molecular formula is C28H31N5O2S. The molecule has 0 bridgehead atoms. The Morgan fingerprint density at radius 2 is 1.97 bits per heavy atom. The van der Waals surface area contributed by atoms with Crippen molar-refractivity contribution >= 4 is 57.7 Å². The second kappa shape index (κ2) is 11.7. The number of nitrogens with zero attached hydrogens (tertiary/aromatic N) is 2. The fraction of sp³-hybridized carbons (Fsp3) is 0.250. The summed E-state index contributed by atoms with van der Waals surface area (Å²) in [5.74, 6) is -0.0420. The van der Waals surface area contributed by atoms with Crippen LogP contribution in [0, 0.1) is 6.92 Å². The van der Waals surface area contributed by atoms with Gasteiger partial charge >= 0.3 is 6.03 Å². The van der Waals surface area contributed by atoms with Crippen LogP contribution in [0.15, 0.2) is 53.9 Å². The molecule has 4 rings (SSSR count). The van der Waals surface area contributed by atoms with Crippen molar-refractivity contribution in [3.63, 3.8) is 0 Å². The third-order valence-electron chi connectivity index (χ3n) is 5.89. The van der Waals surface area contributed by atoms with Gasteiger partial charge in [0.25, 0.3) is 0 Å². The first-order valence-electron chi connectivity index (χ1n) is 12.0. The maximum atomic E-state index is 12.5. The zero-order valence-electron chi connectivity index (χ0n) is 20.8. The summed E-state index contributed by atoms with van der Waals surface area (Å²) in [6.45, 7) is 4.80. The van der Waals surface area contributed by atoms with Gasteiger partial charge < -0.3 is 15.5 Å². The number of unbranched alkanes of at least 4 members (excludes halogenated alkanes) is 1. The Kier molecular flexibility index (Phi) is 8.17. The minimum absolute atomic E-state index is 0.0420. The maximum Gasteiger partial charge on any atom is 0.321 e. The number of anilines is 2. The predicted molar refractivity (Wildman–Crippen MR) is 149 cm³/mol. The Hall–Kier alpha value is -3.91. The second-order valence-corrected chi connectivity index (χ2v) is 9.82. The van der Waals surface area contributed by atoms with Gasteiger partial charge in [0.2, 0.25) is 5.91 Å². The Labute approximate surface area is 215 Å². The van der Waals surface area contributed by atoms with Crippen LogP contribution in [0.2, 0.25) is 0 Å². The number of urea groups is 1. The predicted octanol–water partition coefficient (Wildman–Crippen LogP) is 6.55. The molecule has 2 heterocycles. The van der Waals surface area contributed by atoms with Crippen LogP contribution in [0.4, 0.5) is 16.2 Å². The molecule has 0 radical (unpaired) electrons. The smallest absolute Gasteiger partial charge is 0.321 e. The highest BCUT2D eigenvalue weighted by Crippen LogP contribution is 2.26. The largest absolute Gasteiger partial charge is 0.328 e. The number of aromatic nitrogens is 2. The number of fused-ring (bicyclic) bond motifs is 1. The molecule has 2 aromatic heterocycles. The molecule has 0 saturated carbocycles. The number of benzene rings is 2. The number of carbonyl (C=O) groups excluding carboxylic acids is 2. The van der Waals surface area contributed by atoms with Gasteiger partial charge in [0.05, 0.1) is 17.6 Å². The van der Waals surface area contributed by atoms with E-state index in [2.05, 4.69) is 27.8 Å². The number of aryl methyl sites for hydroxylation is 1. The molecular weight excluding hydrogens is 470 g/mol. The van der Waals surface area contributed by atoms with Crippen LogP contribution in [0.25, 0.3) is 23.1 Å². The summed E-state index contributed by atoms with van der Waals surface area (Å²) in [7, 11) is 1.80. The lowest BCUT2D eigenvalue weighted by molar-refractivity contribution is -0.115. The van der Waals surface area contributed by atoms with Crippen LogP contribution in [0.1, 0.15) is 41.5 Å². The molecule has 7 nitrogen and oxygen atoms in total. The summed E-state index contributed by atoms with van der Waals surface area (Å²) in [6, 6.07) is 15.4. The first-order chi connectivity index (χ1) is 17.4. The van der Waals surface area contributed by atoms with E-state index in [1.165, 1.54) is 0 Å². The Morgan fingerprint density at radius 3 is 2.75 bits per heavy atom. The monoisotopic (exact) mass is 501 g/mol. The Bertz CT molecular complexity index is 1370. The average Bonchev–Trinajstić information content (AvgIpc) is 3.51. The number of H-pyrrole nitrogens is 1. The molecule has 0 saturated heterocycles. The SMILES string of the molecule is CCCCN(C)C(=O)Nc1cccc(C=Cc2n[nH]c3cc(C)c(NC(=O)Cc4cccs4)cc23)c1. The molecule has 0 aliphatic rings. The van der Waals surface area contributed by atoms with Crippen molar-refractivity contribution in [3.05, 3.63) is 75.6 Å². The Morgan fingerprint density at radius 1 is 1.11 bits per heavy atom. The number of hydrogen-bond donors (Lipinski definition) is 3.